The van der Waals surface area contributed by atoms with Crippen LogP contribution in [0, 0.1) is 0 Å². The smallest absolute Gasteiger partial charge is 0.182 e. The third-order valence-corrected chi connectivity index (χ3v) is 3.89. The highest BCUT2D eigenvalue weighted by Crippen LogP contribution is 2.14. The molecule has 68 valence electrons. The van der Waals surface area contributed by atoms with Crippen molar-refractivity contribution in [3.63, 3.8) is 0 Å². The van der Waals surface area contributed by atoms with E-state index >= 15 is 0 Å². The van der Waals surface area contributed by atoms with Gasteiger partial charge in [0.2, 0.25) is 0 Å². The van der Waals surface area contributed by atoms with Crippen LogP contribution in [-0.4, -0.2) is 18.2 Å². The summed E-state index contributed by atoms with van der Waals surface area (Å²) in [5.41, 5.74) is 0. The summed E-state index contributed by atoms with van der Waals surface area (Å²) in [5, 5.41) is -0.347. The minimum absolute atomic E-state index is 0.347. The quantitative estimate of drug-likeness (QED) is 0.698. The van der Waals surface area contributed by atoms with Crippen LogP contribution in [0.15, 0.2) is 23.4 Å². The molecule has 0 spiro atoms. The van der Waals surface area contributed by atoms with E-state index in [0.29, 0.717) is 4.90 Å². The number of rotatable bonds is 2. The standard InChI is InChI=1S/C8H13NO2S/c1-7(2)12(10,11)8-4-5-9(3)6-8/h4-7H,1-3H3. The molecule has 12 heavy (non-hydrogen) atoms. The minimum Gasteiger partial charge on any atom is -0.356 e. The summed E-state index contributed by atoms with van der Waals surface area (Å²) < 4.78 is 24.8. The van der Waals surface area contributed by atoms with Gasteiger partial charge in [-0.05, 0) is 19.9 Å². The number of hydrogen-bond acceptors (Lipinski definition) is 2. The van der Waals surface area contributed by atoms with Gasteiger partial charge in [-0.3, -0.25) is 0 Å². The lowest BCUT2D eigenvalue weighted by molar-refractivity contribution is 0.587. The predicted molar refractivity (Wildman–Crippen MR) is 47.7 cm³/mol. The summed E-state index contributed by atoms with van der Waals surface area (Å²) in [4.78, 5) is 0.403. The molecule has 0 unspecified atom stereocenters. The van der Waals surface area contributed by atoms with E-state index in [1.54, 1.807) is 43.9 Å². The van der Waals surface area contributed by atoms with Gasteiger partial charge in [0, 0.05) is 19.4 Å². The second kappa shape index (κ2) is 2.94. The van der Waals surface area contributed by atoms with Crippen molar-refractivity contribution in [2.45, 2.75) is 24.0 Å². The number of aromatic nitrogens is 1. The average Bonchev–Trinajstić information content (AvgIpc) is 2.35. The van der Waals surface area contributed by atoms with Crippen molar-refractivity contribution in [1.29, 1.82) is 0 Å². The highest BCUT2D eigenvalue weighted by atomic mass is 32.2. The van der Waals surface area contributed by atoms with Gasteiger partial charge >= 0.3 is 0 Å². The van der Waals surface area contributed by atoms with Crippen molar-refractivity contribution in [3.8, 4) is 0 Å². The van der Waals surface area contributed by atoms with Crippen LogP contribution in [0.25, 0.3) is 0 Å². The summed E-state index contributed by atoms with van der Waals surface area (Å²) in [6.07, 6.45) is 3.35. The van der Waals surface area contributed by atoms with Crippen LogP contribution >= 0.6 is 0 Å². The van der Waals surface area contributed by atoms with E-state index in [-0.39, 0.29) is 5.25 Å². The first-order valence-corrected chi connectivity index (χ1v) is 5.35. The minimum atomic E-state index is -3.08. The summed E-state index contributed by atoms with van der Waals surface area (Å²) in [5.74, 6) is 0. The van der Waals surface area contributed by atoms with Crippen molar-refractivity contribution in [2.75, 3.05) is 0 Å². The molecular formula is C8H13NO2S. The molecule has 0 aromatic carbocycles. The second-order valence-electron chi connectivity index (χ2n) is 3.11. The molecule has 0 saturated carbocycles. The Bertz CT molecular complexity index is 362. The zero-order chi connectivity index (χ0) is 9.35. The molecule has 0 bridgehead atoms. The van der Waals surface area contributed by atoms with Crippen LogP contribution < -0.4 is 0 Å². The molecule has 0 aliphatic carbocycles. The molecular weight excluding hydrogens is 174 g/mol. The molecule has 1 aromatic rings. The van der Waals surface area contributed by atoms with Gasteiger partial charge in [-0.2, -0.15) is 0 Å². The van der Waals surface area contributed by atoms with Crippen LogP contribution in [0.3, 0.4) is 0 Å². The van der Waals surface area contributed by atoms with Gasteiger partial charge < -0.3 is 4.57 Å². The largest absolute Gasteiger partial charge is 0.356 e. The number of aryl methyl sites for hydroxylation is 1. The van der Waals surface area contributed by atoms with Gasteiger partial charge in [0.15, 0.2) is 9.84 Å². The van der Waals surface area contributed by atoms with Gasteiger partial charge in [-0.25, -0.2) is 8.42 Å². The monoisotopic (exact) mass is 187 g/mol. The number of hydrogen-bond donors (Lipinski definition) is 0. The lowest BCUT2D eigenvalue weighted by atomic mass is 10.6. The summed E-state index contributed by atoms with van der Waals surface area (Å²) in [6.45, 7) is 3.37. The van der Waals surface area contributed by atoms with Crippen LogP contribution in [0.1, 0.15) is 13.8 Å². The molecule has 0 aliphatic heterocycles. The van der Waals surface area contributed by atoms with Crippen molar-refractivity contribution >= 4 is 9.84 Å². The first-order valence-electron chi connectivity index (χ1n) is 3.80. The van der Waals surface area contributed by atoms with Crippen molar-refractivity contribution in [1.82, 2.24) is 4.57 Å². The third kappa shape index (κ3) is 1.53. The normalized spacial score (nSPS) is 12.3. The molecule has 4 heteroatoms. The Kier molecular flexibility index (Phi) is 2.28. The van der Waals surface area contributed by atoms with E-state index in [1.807, 2.05) is 0 Å². The topological polar surface area (TPSA) is 39.1 Å². The summed E-state index contributed by atoms with van der Waals surface area (Å²) in [6, 6.07) is 1.62. The molecule has 1 rings (SSSR count). The number of nitrogens with zero attached hydrogens (tertiary/aromatic N) is 1. The maximum absolute atomic E-state index is 11.5. The van der Waals surface area contributed by atoms with E-state index in [9.17, 15) is 8.42 Å². The van der Waals surface area contributed by atoms with Crippen LogP contribution in [0.4, 0.5) is 0 Å². The van der Waals surface area contributed by atoms with Crippen molar-refractivity contribution in [3.05, 3.63) is 18.5 Å². The Balaban J connectivity index is 3.15. The Morgan fingerprint density at radius 2 is 2.00 bits per heavy atom. The second-order valence-corrected chi connectivity index (χ2v) is 5.61. The maximum Gasteiger partial charge on any atom is 0.182 e. The van der Waals surface area contributed by atoms with Gasteiger partial charge in [0.05, 0.1) is 10.1 Å². The third-order valence-electron chi connectivity index (χ3n) is 1.75. The first kappa shape index (κ1) is 9.32. The molecule has 0 amide bonds. The Morgan fingerprint density at radius 3 is 2.33 bits per heavy atom. The van der Waals surface area contributed by atoms with Gasteiger partial charge in [0.25, 0.3) is 0 Å². The fraction of sp³-hybridized carbons (Fsp3) is 0.500. The zero-order valence-corrected chi connectivity index (χ0v) is 8.30. The van der Waals surface area contributed by atoms with E-state index in [2.05, 4.69) is 0 Å². The van der Waals surface area contributed by atoms with E-state index in [0.717, 1.165) is 0 Å². The first-order chi connectivity index (χ1) is 5.44. The fourth-order valence-corrected chi connectivity index (χ4v) is 2.03. The average molecular weight is 187 g/mol. The Labute approximate surface area is 72.9 Å². The zero-order valence-electron chi connectivity index (χ0n) is 7.48. The highest BCUT2D eigenvalue weighted by molar-refractivity contribution is 7.92. The molecule has 3 nitrogen and oxygen atoms in total. The lowest BCUT2D eigenvalue weighted by Crippen LogP contribution is -2.13. The van der Waals surface area contributed by atoms with Crippen molar-refractivity contribution in [2.24, 2.45) is 7.05 Å². The molecule has 0 fully saturated rings. The molecule has 0 aliphatic rings. The van der Waals surface area contributed by atoms with Gasteiger partial charge in [-0.1, -0.05) is 0 Å². The highest BCUT2D eigenvalue weighted by Gasteiger charge is 2.19. The van der Waals surface area contributed by atoms with E-state index in [4.69, 9.17) is 0 Å². The fourth-order valence-electron chi connectivity index (χ4n) is 0.918. The van der Waals surface area contributed by atoms with Crippen LogP contribution in [0.2, 0.25) is 0 Å². The molecule has 0 radical (unpaired) electrons. The van der Waals surface area contributed by atoms with Gasteiger partial charge in [-0.15, -0.1) is 0 Å². The number of sulfone groups is 1. The van der Waals surface area contributed by atoms with Crippen molar-refractivity contribution < 1.29 is 8.42 Å². The predicted octanol–water partition coefficient (Wildman–Crippen LogP) is 1.21. The molecule has 1 aromatic heterocycles. The summed E-state index contributed by atoms with van der Waals surface area (Å²) in [7, 11) is -1.27. The van der Waals surface area contributed by atoms with Crippen LogP contribution in [-0.2, 0) is 16.9 Å². The lowest BCUT2D eigenvalue weighted by Gasteiger charge is -2.03. The maximum atomic E-state index is 11.5. The Morgan fingerprint density at radius 1 is 1.42 bits per heavy atom. The molecule has 0 atom stereocenters. The van der Waals surface area contributed by atoms with Gasteiger partial charge in [0.1, 0.15) is 0 Å². The van der Waals surface area contributed by atoms with E-state index in [1.165, 1.54) is 0 Å². The molecule has 0 saturated heterocycles. The molecule has 0 N–H and O–H groups in total. The van der Waals surface area contributed by atoms with Crippen LogP contribution in [0.5, 0.6) is 0 Å². The summed E-state index contributed by atoms with van der Waals surface area (Å²) >= 11 is 0. The Hall–Kier alpha value is -0.770. The SMILES string of the molecule is CC(C)S(=O)(=O)c1ccn(C)c1. The molecule has 1 heterocycles. The van der Waals surface area contributed by atoms with E-state index < -0.39 is 9.84 Å².